The van der Waals surface area contributed by atoms with Gasteiger partial charge in [-0.25, -0.2) is 4.79 Å². The second-order valence-electron chi connectivity index (χ2n) is 5.31. The number of rotatable bonds is 5. The van der Waals surface area contributed by atoms with Crippen LogP contribution in [0, 0.1) is 0 Å². The Kier molecular flexibility index (Phi) is 7.54. The Morgan fingerprint density at radius 2 is 2.00 bits per heavy atom. The van der Waals surface area contributed by atoms with Crippen LogP contribution in [0.15, 0.2) is 24.3 Å². The summed E-state index contributed by atoms with van der Waals surface area (Å²) in [5.74, 6) is 0.386. The summed E-state index contributed by atoms with van der Waals surface area (Å²) in [6, 6.07) is 7.06. The zero-order valence-electron chi connectivity index (χ0n) is 12.7. The Morgan fingerprint density at radius 3 is 2.67 bits per heavy atom. The van der Waals surface area contributed by atoms with Crippen LogP contribution in [-0.2, 0) is 4.74 Å². The Labute approximate surface area is 132 Å². The molecule has 118 valence electrons. The number of carbonyl (C=O) groups is 1. The van der Waals surface area contributed by atoms with Crippen molar-refractivity contribution in [2.75, 3.05) is 26.7 Å². The molecule has 0 amide bonds. The summed E-state index contributed by atoms with van der Waals surface area (Å²) >= 11 is 0. The van der Waals surface area contributed by atoms with Crippen molar-refractivity contribution in [1.29, 1.82) is 0 Å². The molecule has 0 N–H and O–H groups in total. The maximum Gasteiger partial charge on any atom is 0.338 e. The van der Waals surface area contributed by atoms with Crippen molar-refractivity contribution >= 4 is 18.4 Å². The topological polar surface area (TPSA) is 38.8 Å². The molecule has 5 heteroatoms. The van der Waals surface area contributed by atoms with E-state index >= 15 is 0 Å². The van der Waals surface area contributed by atoms with E-state index in [1.165, 1.54) is 19.3 Å². The number of esters is 1. The molecule has 1 fully saturated rings. The second kappa shape index (κ2) is 8.90. The van der Waals surface area contributed by atoms with E-state index in [1.54, 1.807) is 25.3 Å². The maximum atomic E-state index is 12.1. The number of methoxy groups -OCH3 is 1. The molecule has 0 spiro atoms. The molecule has 1 saturated heterocycles. The molecule has 0 aliphatic carbocycles. The normalized spacial score (nSPS) is 16.7. The van der Waals surface area contributed by atoms with Gasteiger partial charge in [0.25, 0.3) is 0 Å². The monoisotopic (exact) mass is 313 g/mol. The lowest BCUT2D eigenvalue weighted by Crippen LogP contribution is -2.37. The minimum Gasteiger partial charge on any atom is -0.497 e. The Hall–Kier alpha value is -1.26. The van der Waals surface area contributed by atoms with Gasteiger partial charge in [0.05, 0.1) is 12.7 Å². The fourth-order valence-corrected chi connectivity index (χ4v) is 2.54. The predicted octanol–water partition coefficient (Wildman–Crippen LogP) is 3.15. The number of hydrogen-bond acceptors (Lipinski definition) is 4. The van der Waals surface area contributed by atoms with Gasteiger partial charge in [-0.15, -0.1) is 12.4 Å². The number of carbonyl (C=O) groups excluding carboxylic acids is 1. The highest BCUT2D eigenvalue weighted by Gasteiger charge is 2.17. The maximum absolute atomic E-state index is 12.1. The molecule has 0 radical (unpaired) electrons. The van der Waals surface area contributed by atoms with Gasteiger partial charge in [0.1, 0.15) is 11.9 Å². The fraction of sp³-hybridized carbons (Fsp3) is 0.562. The number of likely N-dealkylation sites (tertiary alicyclic amines) is 1. The van der Waals surface area contributed by atoms with Crippen molar-refractivity contribution in [2.45, 2.75) is 32.3 Å². The zero-order chi connectivity index (χ0) is 14.4. The minimum absolute atomic E-state index is 0. The Balaban J connectivity index is 0.00000220. The summed E-state index contributed by atoms with van der Waals surface area (Å²) in [6.07, 6.45) is 3.72. The first-order valence-electron chi connectivity index (χ1n) is 7.26. The van der Waals surface area contributed by atoms with Crippen LogP contribution in [0.1, 0.15) is 36.5 Å². The lowest BCUT2D eigenvalue weighted by Gasteiger charge is -2.28. The molecule has 0 saturated carbocycles. The first-order valence-corrected chi connectivity index (χ1v) is 7.26. The van der Waals surface area contributed by atoms with E-state index in [0.717, 1.165) is 19.6 Å². The number of nitrogens with zero attached hydrogens (tertiary/aromatic N) is 1. The van der Waals surface area contributed by atoms with Crippen molar-refractivity contribution < 1.29 is 14.3 Å². The molecule has 21 heavy (non-hydrogen) atoms. The lowest BCUT2D eigenvalue weighted by atomic mass is 10.1. The highest BCUT2D eigenvalue weighted by atomic mass is 35.5. The van der Waals surface area contributed by atoms with Gasteiger partial charge in [0.15, 0.2) is 0 Å². The highest BCUT2D eigenvalue weighted by molar-refractivity contribution is 5.89. The summed E-state index contributed by atoms with van der Waals surface area (Å²) in [5.41, 5.74) is 0.537. The van der Waals surface area contributed by atoms with E-state index in [0.29, 0.717) is 11.3 Å². The van der Waals surface area contributed by atoms with Crippen LogP contribution in [0.3, 0.4) is 0 Å². The molecule has 1 atom stereocenters. The molecular weight excluding hydrogens is 290 g/mol. The van der Waals surface area contributed by atoms with Gasteiger partial charge in [0.2, 0.25) is 0 Å². The van der Waals surface area contributed by atoms with E-state index < -0.39 is 0 Å². The van der Waals surface area contributed by atoms with Gasteiger partial charge in [-0.05, 0) is 51.1 Å². The van der Waals surface area contributed by atoms with Crippen molar-refractivity contribution in [3.8, 4) is 5.75 Å². The van der Waals surface area contributed by atoms with E-state index in [1.807, 2.05) is 13.0 Å². The van der Waals surface area contributed by atoms with Crippen LogP contribution in [0.25, 0.3) is 0 Å². The third-order valence-corrected chi connectivity index (χ3v) is 3.58. The van der Waals surface area contributed by atoms with Crippen molar-refractivity contribution in [2.24, 2.45) is 0 Å². The third kappa shape index (κ3) is 5.56. The molecule has 1 aromatic carbocycles. The van der Waals surface area contributed by atoms with Crippen LogP contribution in [0.4, 0.5) is 0 Å². The van der Waals surface area contributed by atoms with Crippen LogP contribution in [0.5, 0.6) is 5.75 Å². The number of piperidine rings is 1. The highest BCUT2D eigenvalue weighted by Crippen LogP contribution is 2.15. The quantitative estimate of drug-likeness (QED) is 0.783. The van der Waals surface area contributed by atoms with Gasteiger partial charge in [0, 0.05) is 6.54 Å². The van der Waals surface area contributed by atoms with Crippen molar-refractivity contribution in [3.05, 3.63) is 29.8 Å². The van der Waals surface area contributed by atoms with Gasteiger partial charge in [-0.3, -0.25) is 4.90 Å². The van der Waals surface area contributed by atoms with Crippen LogP contribution >= 0.6 is 12.4 Å². The largest absolute Gasteiger partial charge is 0.497 e. The van der Waals surface area contributed by atoms with E-state index in [-0.39, 0.29) is 24.5 Å². The average Bonchev–Trinajstić information content (AvgIpc) is 2.48. The minimum atomic E-state index is -0.284. The first kappa shape index (κ1) is 17.8. The van der Waals surface area contributed by atoms with Gasteiger partial charge >= 0.3 is 5.97 Å². The number of hydrogen-bond donors (Lipinski definition) is 0. The molecule has 0 aromatic heterocycles. The van der Waals surface area contributed by atoms with Crippen LogP contribution in [-0.4, -0.2) is 43.7 Å². The SMILES string of the molecule is COc1cccc(C(=O)OC(C)CN2CCCCC2)c1.Cl. The van der Waals surface area contributed by atoms with Crippen LogP contribution in [0.2, 0.25) is 0 Å². The standard InChI is InChI=1S/C16H23NO3.ClH/c1-13(12-17-9-4-3-5-10-17)20-16(18)14-7-6-8-15(11-14)19-2;/h6-8,11,13H,3-5,9-10,12H2,1-2H3;1H. The summed E-state index contributed by atoms with van der Waals surface area (Å²) in [7, 11) is 1.59. The van der Waals surface area contributed by atoms with Gasteiger partial charge in [-0.1, -0.05) is 12.5 Å². The predicted molar refractivity (Wildman–Crippen MR) is 85.4 cm³/mol. The number of benzene rings is 1. The second-order valence-corrected chi connectivity index (χ2v) is 5.31. The molecule has 1 aliphatic rings. The summed E-state index contributed by atoms with van der Waals surface area (Å²) in [5, 5.41) is 0. The fourth-order valence-electron chi connectivity index (χ4n) is 2.54. The number of halogens is 1. The van der Waals surface area contributed by atoms with Crippen molar-refractivity contribution in [1.82, 2.24) is 4.90 Å². The molecule has 1 aliphatic heterocycles. The molecule has 1 unspecified atom stereocenters. The third-order valence-electron chi connectivity index (χ3n) is 3.58. The van der Waals surface area contributed by atoms with E-state index in [9.17, 15) is 4.79 Å². The number of ether oxygens (including phenoxy) is 2. The van der Waals surface area contributed by atoms with Gasteiger partial charge < -0.3 is 9.47 Å². The lowest BCUT2D eigenvalue weighted by molar-refractivity contribution is 0.0235. The summed E-state index contributed by atoms with van der Waals surface area (Å²) in [6.45, 7) is 4.99. The molecule has 1 heterocycles. The van der Waals surface area contributed by atoms with Crippen molar-refractivity contribution in [3.63, 3.8) is 0 Å². The molecule has 0 bridgehead atoms. The average molecular weight is 314 g/mol. The Bertz CT molecular complexity index is 447. The molecule has 4 nitrogen and oxygen atoms in total. The van der Waals surface area contributed by atoms with Gasteiger partial charge in [-0.2, -0.15) is 0 Å². The first-order chi connectivity index (χ1) is 9.69. The summed E-state index contributed by atoms with van der Waals surface area (Å²) in [4.78, 5) is 14.4. The van der Waals surface area contributed by atoms with E-state index in [4.69, 9.17) is 9.47 Å². The molecular formula is C16H24ClNO3. The smallest absolute Gasteiger partial charge is 0.338 e. The van der Waals surface area contributed by atoms with Crippen LogP contribution < -0.4 is 4.74 Å². The molecule has 1 aromatic rings. The Morgan fingerprint density at radius 1 is 1.29 bits per heavy atom. The summed E-state index contributed by atoms with van der Waals surface area (Å²) < 4.78 is 10.6. The zero-order valence-corrected chi connectivity index (χ0v) is 13.5. The van der Waals surface area contributed by atoms with E-state index in [2.05, 4.69) is 4.90 Å². The molecule has 2 rings (SSSR count).